The van der Waals surface area contributed by atoms with Crippen LogP contribution in [0.1, 0.15) is 12.0 Å². The van der Waals surface area contributed by atoms with Crippen LogP contribution in [-0.4, -0.2) is 58.7 Å². The Morgan fingerprint density at radius 1 is 1.03 bits per heavy atom. The fraction of sp³-hybridized carbons (Fsp3) is 0.500. The lowest BCUT2D eigenvalue weighted by Crippen LogP contribution is -2.39. The molecule has 1 heterocycles. The predicted molar refractivity (Wildman–Crippen MR) is 117 cm³/mol. The average molecular weight is 418 g/mol. The Hall–Kier alpha value is -2.98. The first kappa shape index (κ1) is 23.3. The third-order valence-corrected chi connectivity index (χ3v) is 5.03. The number of aromatic nitrogens is 2. The SMILES string of the molecule is CNCCN(CCCc1ccc([N+](=O)[O-])cc1)CCNc1cc(=O)n(C)c(=O)n1C. The highest BCUT2D eigenvalue weighted by atomic mass is 16.6. The molecule has 1 aromatic heterocycles. The van der Waals surface area contributed by atoms with E-state index in [2.05, 4.69) is 15.5 Å². The van der Waals surface area contributed by atoms with Gasteiger partial charge in [-0.25, -0.2) is 4.79 Å². The summed E-state index contributed by atoms with van der Waals surface area (Å²) in [4.78, 5) is 36.5. The van der Waals surface area contributed by atoms with Crippen molar-refractivity contribution in [3.63, 3.8) is 0 Å². The number of anilines is 1. The minimum absolute atomic E-state index is 0.102. The number of nitrogens with zero attached hydrogens (tertiary/aromatic N) is 4. The van der Waals surface area contributed by atoms with E-state index in [1.54, 1.807) is 19.2 Å². The number of rotatable bonds is 12. The van der Waals surface area contributed by atoms with Gasteiger partial charge >= 0.3 is 5.69 Å². The van der Waals surface area contributed by atoms with Gasteiger partial charge in [0, 0.05) is 58.5 Å². The van der Waals surface area contributed by atoms with E-state index < -0.39 is 4.92 Å². The Bertz CT molecular complexity index is 951. The van der Waals surface area contributed by atoms with Crippen molar-refractivity contribution in [1.29, 1.82) is 0 Å². The Morgan fingerprint density at radius 3 is 2.33 bits per heavy atom. The van der Waals surface area contributed by atoms with Crippen molar-refractivity contribution < 1.29 is 4.92 Å². The smallest absolute Gasteiger partial charge is 0.332 e. The first-order valence-electron chi connectivity index (χ1n) is 9.94. The first-order chi connectivity index (χ1) is 14.3. The Labute approximate surface area is 175 Å². The molecular weight excluding hydrogens is 388 g/mol. The number of nitrogens with one attached hydrogen (secondary N) is 2. The highest BCUT2D eigenvalue weighted by Gasteiger charge is 2.09. The fourth-order valence-corrected chi connectivity index (χ4v) is 3.14. The molecule has 0 unspecified atom stereocenters. The van der Waals surface area contributed by atoms with Crippen LogP contribution in [0.2, 0.25) is 0 Å². The molecule has 0 aliphatic heterocycles. The second-order valence-corrected chi connectivity index (χ2v) is 7.17. The van der Waals surface area contributed by atoms with Crippen LogP contribution in [-0.2, 0) is 20.5 Å². The highest BCUT2D eigenvalue weighted by molar-refractivity contribution is 5.34. The molecule has 0 amide bonds. The molecule has 0 saturated carbocycles. The lowest BCUT2D eigenvalue weighted by Gasteiger charge is -2.23. The number of aryl methyl sites for hydroxylation is 1. The van der Waals surface area contributed by atoms with Gasteiger partial charge in [0.2, 0.25) is 0 Å². The summed E-state index contributed by atoms with van der Waals surface area (Å²) in [6, 6.07) is 8.09. The topological polar surface area (TPSA) is 114 Å². The average Bonchev–Trinajstić information content (AvgIpc) is 2.73. The van der Waals surface area contributed by atoms with Gasteiger partial charge in [-0.1, -0.05) is 12.1 Å². The zero-order valence-electron chi connectivity index (χ0n) is 17.8. The van der Waals surface area contributed by atoms with E-state index in [-0.39, 0.29) is 16.9 Å². The van der Waals surface area contributed by atoms with Crippen LogP contribution >= 0.6 is 0 Å². The second-order valence-electron chi connectivity index (χ2n) is 7.17. The monoisotopic (exact) mass is 418 g/mol. The van der Waals surface area contributed by atoms with Gasteiger partial charge in [-0.2, -0.15) is 0 Å². The van der Waals surface area contributed by atoms with Crippen molar-refractivity contribution >= 4 is 11.5 Å². The largest absolute Gasteiger partial charge is 0.370 e. The van der Waals surface area contributed by atoms with Crippen molar-refractivity contribution in [2.75, 3.05) is 45.1 Å². The van der Waals surface area contributed by atoms with Gasteiger partial charge in [0.05, 0.1) is 4.92 Å². The van der Waals surface area contributed by atoms with Gasteiger partial charge in [0.25, 0.3) is 11.2 Å². The van der Waals surface area contributed by atoms with Crippen LogP contribution < -0.4 is 21.9 Å². The molecular formula is C20H30N6O4. The maximum atomic E-state index is 12.0. The lowest BCUT2D eigenvalue weighted by molar-refractivity contribution is -0.384. The van der Waals surface area contributed by atoms with E-state index in [4.69, 9.17) is 0 Å². The second kappa shape index (κ2) is 11.3. The Morgan fingerprint density at radius 2 is 1.70 bits per heavy atom. The van der Waals surface area contributed by atoms with Gasteiger partial charge in [-0.3, -0.25) is 24.0 Å². The maximum Gasteiger partial charge on any atom is 0.332 e. The molecule has 0 radical (unpaired) electrons. The molecule has 0 aliphatic rings. The molecule has 0 fully saturated rings. The van der Waals surface area contributed by atoms with Gasteiger partial charge in [-0.15, -0.1) is 0 Å². The third-order valence-electron chi connectivity index (χ3n) is 5.03. The summed E-state index contributed by atoms with van der Waals surface area (Å²) in [6.45, 7) is 3.94. The number of hydrogen-bond acceptors (Lipinski definition) is 7. The van der Waals surface area contributed by atoms with E-state index in [1.807, 2.05) is 7.05 Å². The molecule has 2 aromatic rings. The summed E-state index contributed by atoms with van der Waals surface area (Å²) in [5.74, 6) is 0.502. The zero-order valence-corrected chi connectivity index (χ0v) is 17.8. The number of nitro benzene ring substituents is 1. The number of likely N-dealkylation sites (N-methyl/N-ethyl adjacent to an activating group) is 1. The van der Waals surface area contributed by atoms with Crippen molar-refractivity contribution in [2.45, 2.75) is 12.8 Å². The standard InChI is InChI=1S/C20H30N6O4/c1-21-10-13-25(12-4-5-16-6-8-17(9-7-16)26(29)30)14-11-22-18-15-19(27)24(3)20(28)23(18)2/h6-9,15,21-22H,4-5,10-14H2,1-3H3. The van der Waals surface area contributed by atoms with Crippen molar-refractivity contribution in [3.8, 4) is 0 Å². The fourth-order valence-electron chi connectivity index (χ4n) is 3.14. The minimum atomic E-state index is -0.394. The van der Waals surface area contributed by atoms with E-state index in [0.717, 1.165) is 49.2 Å². The van der Waals surface area contributed by atoms with Crippen LogP contribution in [0.3, 0.4) is 0 Å². The number of nitro groups is 1. The number of non-ortho nitro benzene ring substituents is 1. The van der Waals surface area contributed by atoms with Crippen LogP contribution in [0, 0.1) is 10.1 Å². The van der Waals surface area contributed by atoms with Crippen LogP contribution in [0.4, 0.5) is 11.5 Å². The predicted octanol–water partition coefficient (Wildman–Crippen LogP) is 0.558. The third kappa shape index (κ3) is 6.53. The van der Waals surface area contributed by atoms with E-state index in [9.17, 15) is 19.7 Å². The molecule has 0 spiro atoms. The van der Waals surface area contributed by atoms with Crippen molar-refractivity contribution in [3.05, 3.63) is 66.8 Å². The van der Waals surface area contributed by atoms with Gasteiger partial charge in [-0.05, 0) is 32.0 Å². The van der Waals surface area contributed by atoms with Crippen LogP contribution in [0.25, 0.3) is 0 Å². The first-order valence-corrected chi connectivity index (χ1v) is 9.94. The quantitative estimate of drug-likeness (QED) is 0.382. The molecule has 30 heavy (non-hydrogen) atoms. The molecule has 10 nitrogen and oxygen atoms in total. The minimum Gasteiger partial charge on any atom is -0.370 e. The summed E-state index contributed by atoms with van der Waals surface area (Å²) < 4.78 is 2.50. The summed E-state index contributed by atoms with van der Waals surface area (Å²) in [6.07, 6.45) is 1.76. The van der Waals surface area contributed by atoms with E-state index in [0.29, 0.717) is 12.4 Å². The Kier molecular flexibility index (Phi) is 8.75. The molecule has 0 bridgehead atoms. The molecule has 2 rings (SSSR count). The van der Waals surface area contributed by atoms with Crippen molar-refractivity contribution in [1.82, 2.24) is 19.4 Å². The van der Waals surface area contributed by atoms with E-state index in [1.165, 1.54) is 29.8 Å². The Balaban J connectivity index is 1.87. The number of hydrogen-bond donors (Lipinski definition) is 2. The van der Waals surface area contributed by atoms with E-state index >= 15 is 0 Å². The van der Waals surface area contributed by atoms with Crippen molar-refractivity contribution in [2.24, 2.45) is 14.1 Å². The lowest BCUT2D eigenvalue weighted by atomic mass is 10.1. The van der Waals surface area contributed by atoms with Gasteiger partial charge in [0.1, 0.15) is 5.82 Å². The zero-order chi connectivity index (χ0) is 22.1. The molecule has 1 aromatic carbocycles. The summed E-state index contributed by atoms with van der Waals surface area (Å²) in [5, 5.41) is 17.1. The normalized spacial score (nSPS) is 11.1. The summed E-state index contributed by atoms with van der Waals surface area (Å²) >= 11 is 0. The van der Waals surface area contributed by atoms with Gasteiger partial charge < -0.3 is 15.5 Å². The molecule has 0 aliphatic carbocycles. The molecule has 10 heteroatoms. The highest BCUT2D eigenvalue weighted by Crippen LogP contribution is 2.13. The summed E-state index contributed by atoms with van der Waals surface area (Å²) in [7, 11) is 4.99. The van der Waals surface area contributed by atoms with Gasteiger partial charge in [0.15, 0.2) is 0 Å². The molecule has 164 valence electrons. The van der Waals surface area contributed by atoms with Crippen LogP contribution in [0.5, 0.6) is 0 Å². The number of benzene rings is 1. The maximum absolute atomic E-state index is 12.0. The summed E-state index contributed by atoms with van der Waals surface area (Å²) in [5.41, 5.74) is 0.476. The van der Waals surface area contributed by atoms with Crippen LogP contribution in [0.15, 0.2) is 39.9 Å². The molecule has 0 atom stereocenters. The molecule has 2 N–H and O–H groups in total. The molecule has 0 saturated heterocycles.